The predicted molar refractivity (Wildman–Crippen MR) is 107 cm³/mol. The van der Waals surface area contributed by atoms with E-state index in [-0.39, 0.29) is 5.91 Å². The molecular weight excluding hydrogens is 364 g/mol. The maximum Gasteiger partial charge on any atom is 0.280 e. The van der Waals surface area contributed by atoms with Crippen LogP contribution in [0.5, 0.6) is 0 Å². The lowest BCUT2D eigenvalue weighted by atomic mass is 10.0. The highest BCUT2D eigenvalue weighted by Gasteiger charge is 2.11. The summed E-state index contributed by atoms with van der Waals surface area (Å²) in [5, 5.41) is 2.53. The van der Waals surface area contributed by atoms with Crippen LogP contribution in [0.15, 0.2) is 65.7 Å². The number of aromatic nitrogens is 1. The monoisotopic (exact) mass is 376 g/mol. The molecule has 0 N–H and O–H groups in total. The van der Waals surface area contributed by atoms with Gasteiger partial charge in [0.15, 0.2) is 4.80 Å². The summed E-state index contributed by atoms with van der Waals surface area (Å²) in [4.78, 5) is 17.8. The first-order valence-electron chi connectivity index (χ1n) is 7.96. The fraction of sp³-hybridized carbons (Fsp3) is 0.0476. The molecule has 1 aromatic heterocycles. The Labute approximate surface area is 159 Å². The number of benzene rings is 3. The van der Waals surface area contributed by atoms with Crippen molar-refractivity contribution in [3.05, 3.63) is 76.1 Å². The molecule has 0 aliphatic rings. The number of hydrogen-bond acceptors (Lipinski definition) is 2. The van der Waals surface area contributed by atoms with Crippen LogP contribution in [0.1, 0.15) is 10.4 Å². The Bertz CT molecular complexity index is 1260. The van der Waals surface area contributed by atoms with E-state index < -0.39 is 0 Å². The molecule has 126 valence electrons. The van der Waals surface area contributed by atoms with Gasteiger partial charge in [0.05, 0.1) is 16.8 Å². The van der Waals surface area contributed by atoms with Crippen molar-refractivity contribution in [1.29, 1.82) is 0 Å². The van der Waals surface area contributed by atoms with Gasteiger partial charge in [0, 0.05) is 10.6 Å². The number of thiazole rings is 1. The first-order chi connectivity index (χ1) is 12.7. The quantitative estimate of drug-likeness (QED) is 0.459. The van der Waals surface area contributed by atoms with Gasteiger partial charge >= 0.3 is 0 Å². The van der Waals surface area contributed by atoms with Crippen LogP contribution >= 0.6 is 22.9 Å². The average Bonchev–Trinajstić information content (AvgIpc) is 2.97. The second-order valence-electron chi connectivity index (χ2n) is 5.73. The summed E-state index contributed by atoms with van der Waals surface area (Å²) in [6, 6.07) is 19.0. The van der Waals surface area contributed by atoms with Gasteiger partial charge in [-0.3, -0.25) is 4.79 Å². The van der Waals surface area contributed by atoms with Crippen molar-refractivity contribution in [3.63, 3.8) is 0 Å². The Morgan fingerprint density at radius 3 is 2.81 bits per heavy atom. The van der Waals surface area contributed by atoms with Crippen LogP contribution in [0.4, 0.5) is 0 Å². The Balaban J connectivity index is 1.91. The molecule has 1 heterocycles. The molecule has 0 unspecified atom stereocenters. The van der Waals surface area contributed by atoms with E-state index in [0.29, 0.717) is 21.9 Å². The van der Waals surface area contributed by atoms with Gasteiger partial charge in [0.1, 0.15) is 0 Å². The van der Waals surface area contributed by atoms with Crippen LogP contribution in [0, 0.1) is 12.3 Å². The molecule has 0 radical (unpaired) electrons. The van der Waals surface area contributed by atoms with E-state index in [1.54, 1.807) is 12.1 Å². The summed E-state index contributed by atoms with van der Waals surface area (Å²) in [6.45, 7) is 0.337. The molecule has 4 aromatic rings. The summed E-state index contributed by atoms with van der Waals surface area (Å²) in [6.07, 6.45) is 5.51. The van der Waals surface area contributed by atoms with Gasteiger partial charge in [-0.15, -0.1) is 6.42 Å². The van der Waals surface area contributed by atoms with Crippen LogP contribution in [-0.2, 0) is 6.54 Å². The van der Waals surface area contributed by atoms with E-state index in [0.717, 1.165) is 21.0 Å². The van der Waals surface area contributed by atoms with Crippen molar-refractivity contribution in [2.75, 3.05) is 0 Å². The van der Waals surface area contributed by atoms with Crippen LogP contribution < -0.4 is 4.80 Å². The summed E-state index contributed by atoms with van der Waals surface area (Å²) >= 11 is 7.49. The molecule has 26 heavy (non-hydrogen) atoms. The molecule has 0 bridgehead atoms. The second kappa shape index (κ2) is 6.80. The maximum absolute atomic E-state index is 12.9. The van der Waals surface area contributed by atoms with Crippen LogP contribution in [-0.4, -0.2) is 10.5 Å². The van der Waals surface area contributed by atoms with Crippen molar-refractivity contribution in [3.8, 4) is 12.3 Å². The molecule has 0 aliphatic carbocycles. The third-order valence-electron chi connectivity index (χ3n) is 4.11. The summed E-state index contributed by atoms with van der Waals surface area (Å²) in [7, 11) is 0. The maximum atomic E-state index is 12.9. The summed E-state index contributed by atoms with van der Waals surface area (Å²) in [5.41, 5.74) is 1.49. The van der Waals surface area contributed by atoms with Crippen LogP contribution in [0.3, 0.4) is 0 Å². The van der Waals surface area contributed by atoms with Crippen molar-refractivity contribution in [1.82, 2.24) is 4.57 Å². The van der Waals surface area contributed by atoms with E-state index in [1.807, 2.05) is 53.1 Å². The van der Waals surface area contributed by atoms with Crippen LogP contribution in [0.2, 0.25) is 5.02 Å². The molecule has 3 nitrogen and oxygen atoms in total. The van der Waals surface area contributed by atoms with Gasteiger partial charge < -0.3 is 4.57 Å². The number of rotatable bonds is 2. The lowest BCUT2D eigenvalue weighted by Gasteiger charge is -2.03. The highest BCUT2D eigenvalue weighted by molar-refractivity contribution is 7.16. The van der Waals surface area contributed by atoms with Gasteiger partial charge in [0.25, 0.3) is 5.91 Å². The highest BCUT2D eigenvalue weighted by atomic mass is 35.5. The second-order valence-corrected chi connectivity index (χ2v) is 7.18. The predicted octanol–water partition coefficient (Wildman–Crippen LogP) is 4.88. The average molecular weight is 377 g/mol. The van der Waals surface area contributed by atoms with Crippen molar-refractivity contribution in [2.45, 2.75) is 6.54 Å². The minimum absolute atomic E-state index is 0.287. The molecule has 0 aliphatic heterocycles. The number of halogens is 1. The smallest absolute Gasteiger partial charge is 0.280 e. The van der Waals surface area contributed by atoms with E-state index in [4.69, 9.17) is 18.0 Å². The molecule has 0 atom stereocenters. The Kier molecular flexibility index (Phi) is 4.34. The summed E-state index contributed by atoms with van der Waals surface area (Å²) < 4.78 is 2.80. The number of amides is 1. The van der Waals surface area contributed by atoms with E-state index in [2.05, 4.69) is 10.9 Å². The molecule has 5 heteroatoms. The number of terminal acetylenes is 1. The Morgan fingerprint density at radius 1 is 1.15 bits per heavy atom. The first-order valence-corrected chi connectivity index (χ1v) is 9.16. The van der Waals surface area contributed by atoms with Crippen molar-refractivity contribution in [2.24, 2.45) is 4.99 Å². The normalized spacial score (nSPS) is 11.8. The standard InChI is InChI=1S/C21H13ClN2OS/c1-2-12-24-18-11-10-15(22)13-19(18)26-21(24)23-20(25)17-9-5-7-14-6-3-4-8-16(14)17/h1,3-11,13H,12H2. The minimum Gasteiger partial charge on any atom is -0.305 e. The van der Waals surface area contributed by atoms with Crippen molar-refractivity contribution < 1.29 is 4.79 Å². The largest absolute Gasteiger partial charge is 0.305 e. The molecular formula is C21H13ClN2OS. The zero-order chi connectivity index (χ0) is 18.1. The number of nitrogens with zero attached hydrogens (tertiary/aromatic N) is 2. The number of fused-ring (bicyclic) bond motifs is 2. The topological polar surface area (TPSA) is 34.4 Å². The molecule has 0 spiro atoms. The van der Waals surface area contributed by atoms with E-state index in [1.165, 1.54) is 11.3 Å². The summed E-state index contributed by atoms with van der Waals surface area (Å²) in [5.74, 6) is 2.34. The molecule has 0 saturated carbocycles. The molecule has 0 saturated heterocycles. The first kappa shape index (κ1) is 16.6. The fourth-order valence-electron chi connectivity index (χ4n) is 2.94. The van der Waals surface area contributed by atoms with Gasteiger partial charge in [0.2, 0.25) is 0 Å². The molecule has 3 aromatic carbocycles. The van der Waals surface area contributed by atoms with E-state index >= 15 is 0 Å². The lowest BCUT2D eigenvalue weighted by Crippen LogP contribution is -2.16. The Morgan fingerprint density at radius 2 is 1.96 bits per heavy atom. The van der Waals surface area contributed by atoms with Gasteiger partial charge in [-0.2, -0.15) is 4.99 Å². The highest BCUT2D eigenvalue weighted by Crippen LogP contribution is 2.23. The molecule has 1 amide bonds. The number of carbonyl (C=O) groups is 1. The van der Waals surface area contributed by atoms with E-state index in [9.17, 15) is 4.79 Å². The zero-order valence-electron chi connectivity index (χ0n) is 13.6. The third-order valence-corrected chi connectivity index (χ3v) is 5.39. The van der Waals surface area contributed by atoms with Crippen molar-refractivity contribution >= 4 is 49.8 Å². The number of hydrogen-bond donors (Lipinski definition) is 0. The number of carbonyl (C=O) groups excluding carboxylic acids is 1. The lowest BCUT2D eigenvalue weighted by molar-refractivity contribution is 0.0999. The van der Waals surface area contributed by atoms with Crippen LogP contribution in [0.25, 0.3) is 21.0 Å². The Hall–Kier alpha value is -2.87. The fourth-order valence-corrected chi connectivity index (χ4v) is 4.24. The SMILES string of the molecule is C#CCn1c(=NC(=O)c2cccc3ccccc23)sc2cc(Cl)ccc21. The molecule has 0 fully saturated rings. The third kappa shape index (κ3) is 2.92. The van der Waals surface area contributed by atoms with Gasteiger partial charge in [-0.1, -0.05) is 65.3 Å². The zero-order valence-corrected chi connectivity index (χ0v) is 15.2. The minimum atomic E-state index is -0.287. The van der Waals surface area contributed by atoms with Gasteiger partial charge in [-0.25, -0.2) is 0 Å². The van der Waals surface area contributed by atoms with Gasteiger partial charge in [-0.05, 0) is 35.0 Å². The molecule has 4 rings (SSSR count).